The van der Waals surface area contributed by atoms with Crippen LogP contribution < -0.4 is 5.32 Å². The summed E-state index contributed by atoms with van der Waals surface area (Å²) in [4.78, 5) is 13.6. The van der Waals surface area contributed by atoms with E-state index in [0.29, 0.717) is 0 Å². The summed E-state index contributed by atoms with van der Waals surface area (Å²) >= 11 is 0. The molecule has 0 unspecified atom stereocenters. The van der Waals surface area contributed by atoms with Crippen LogP contribution in [0.4, 0.5) is 14.5 Å². The van der Waals surface area contributed by atoms with Crippen LogP contribution in [0.1, 0.15) is 0 Å². The first-order valence-corrected chi connectivity index (χ1v) is 3.39. The van der Waals surface area contributed by atoms with Crippen LogP contribution in [0.25, 0.3) is 0 Å². The van der Waals surface area contributed by atoms with Crippen LogP contribution in [0.5, 0.6) is 0 Å². The highest BCUT2D eigenvalue weighted by Gasteiger charge is 2.06. The van der Waals surface area contributed by atoms with Crippen molar-refractivity contribution in [3.05, 3.63) is 36.7 Å². The lowest BCUT2D eigenvalue weighted by atomic mass is 10.4. The van der Waals surface area contributed by atoms with E-state index in [4.69, 9.17) is 0 Å². The van der Waals surface area contributed by atoms with E-state index in [-0.39, 0.29) is 5.69 Å². The first-order chi connectivity index (χ1) is 6.13. The van der Waals surface area contributed by atoms with Gasteiger partial charge in [0.05, 0.1) is 5.69 Å². The van der Waals surface area contributed by atoms with Crippen LogP contribution in [0.2, 0.25) is 0 Å². The molecule has 0 bridgehead atoms. The van der Waals surface area contributed by atoms with Gasteiger partial charge in [0, 0.05) is 0 Å². The number of pyridine rings is 1. The van der Waals surface area contributed by atoms with Crippen molar-refractivity contribution in [2.24, 2.45) is 0 Å². The molecular weight excluding hydrogens is 178 g/mol. The summed E-state index contributed by atoms with van der Waals surface area (Å²) < 4.78 is 25.0. The maximum atomic E-state index is 12.7. The number of carbonyl (C=O) groups excluding carboxylic acids is 1. The number of nitrogens with zero attached hydrogens (tertiary/aromatic N) is 1. The van der Waals surface area contributed by atoms with E-state index in [1.165, 1.54) is 0 Å². The van der Waals surface area contributed by atoms with Crippen LogP contribution in [-0.4, -0.2) is 10.9 Å². The number of carbonyl (C=O) groups is 1. The third kappa shape index (κ3) is 2.33. The number of hydrogen-bond acceptors (Lipinski definition) is 2. The second-order valence-corrected chi connectivity index (χ2v) is 2.17. The Labute approximate surface area is 73.1 Å². The maximum absolute atomic E-state index is 12.7. The molecule has 0 aliphatic heterocycles. The van der Waals surface area contributed by atoms with Gasteiger partial charge >= 0.3 is 0 Å². The average Bonchev–Trinajstić information content (AvgIpc) is 2.09. The van der Waals surface area contributed by atoms with Crippen molar-refractivity contribution in [2.75, 3.05) is 5.32 Å². The first kappa shape index (κ1) is 9.31. The van der Waals surface area contributed by atoms with Crippen LogP contribution >= 0.6 is 0 Å². The lowest BCUT2D eigenvalue weighted by Gasteiger charge is -2.01. The van der Waals surface area contributed by atoms with Gasteiger partial charge in [-0.05, 0) is 18.2 Å². The van der Waals surface area contributed by atoms with E-state index < -0.39 is 17.8 Å². The molecule has 0 fully saturated rings. The van der Waals surface area contributed by atoms with Crippen molar-refractivity contribution < 1.29 is 13.6 Å². The summed E-state index contributed by atoms with van der Waals surface area (Å²) in [6.07, 6.45) is 0.975. The predicted molar refractivity (Wildman–Crippen MR) is 43.0 cm³/mol. The molecule has 1 aromatic heterocycles. The van der Waals surface area contributed by atoms with Gasteiger partial charge in [-0.15, -0.1) is 0 Å². The third-order valence-electron chi connectivity index (χ3n) is 1.26. The molecule has 3 nitrogen and oxygen atoms in total. The average molecular weight is 184 g/mol. The zero-order valence-corrected chi connectivity index (χ0v) is 6.55. The van der Waals surface area contributed by atoms with Crippen LogP contribution in [0.3, 0.4) is 0 Å². The monoisotopic (exact) mass is 184 g/mol. The van der Waals surface area contributed by atoms with Crippen molar-refractivity contribution >= 4 is 11.6 Å². The fourth-order valence-electron chi connectivity index (χ4n) is 0.689. The van der Waals surface area contributed by atoms with Gasteiger partial charge in [0.25, 0.3) is 0 Å². The Morgan fingerprint density at radius 2 is 2.23 bits per heavy atom. The Bertz CT molecular complexity index is 352. The SMILES string of the molecule is C=CC(=O)Nc1ccc(F)nc1F. The van der Waals surface area contributed by atoms with Crippen molar-refractivity contribution in [1.82, 2.24) is 4.98 Å². The molecule has 0 atom stereocenters. The lowest BCUT2D eigenvalue weighted by Crippen LogP contribution is -2.09. The Balaban J connectivity index is 2.89. The molecule has 0 saturated carbocycles. The van der Waals surface area contributed by atoms with Gasteiger partial charge in [-0.25, -0.2) is 0 Å². The van der Waals surface area contributed by atoms with E-state index in [1.54, 1.807) is 0 Å². The van der Waals surface area contributed by atoms with E-state index in [0.717, 1.165) is 18.2 Å². The van der Waals surface area contributed by atoms with Gasteiger partial charge in [0.1, 0.15) is 0 Å². The van der Waals surface area contributed by atoms with Gasteiger partial charge in [0.15, 0.2) is 0 Å². The minimum Gasteiger partial charge on any atom is -0.319 e. The third-order valence-corrected chi connectivity index (χ3v) is 1.26. The molecule has 1 rings (SSSR count). The molecule has 1 amide bonds. The second-order valence-electron chi connectivity index (χ2n) is 2.17. The van der Waals surface area contributed by atoms with Crippen molar-refractivity contribution in [3.8, 4) is 0 Å². The summed E-state index contributed by atoms with van der Waals surface area (Å²) in [5.41, 5.74) is -0.175. The zero-order valence-electron chi connectivity index (χ0n) is 6.55. The first-order valence-electron chi connectivity index (χ1n) is 3.39. The summed E-state index contributed by atoms with van der Waals surface area (Å²) in [6, 6.07) is 2.03. The molecule has 0 aliphatic rings. The largest absolute Gasteiger partial charge is 0.319 e. The molecule has 1 heterocycles. The summed E-state index contributed by atoms with van der Waals surface area (Å²) in [6.45, 7) is 3.18. The Hall–Kier alpha value is -1.78. The fourth-order valence-corrected chi connectivity index (χ4v) is 0.689. The molecule has 0 radical (unpaired) electrons. The van der Waals surface area contributed by atoms with E-state index in [2.05, 4.69) is 16.9 Å². The summed E-state index contributed by atoms with van der Waals surface area (Å²) in [5, 5.41) is 2.13. The number of nitrogens with one attached hydrogen (secondary N) is 1. The molecule has 5 heteroatoms. The van der Waals surface area contributed by atoms with Crippen molar-refractivity contribution in [1.29, 1.82) is 0 Å². The highest BCUT2D eigenvalue weighted by molar-refractivity contribution is 5.98. The van der Waals surface area contributed by atoms with Crippen molar-refractivity contribution in [2.45, 2.75) is 0 Å². The molecular formula is C8H6F2N2O. The maximum Gasteiger partial charge on any atom is 0.247 e. The second kappa shape index (κ2) is 3.75. The number of aromatic nitrogens is 1. The Morgan fingerprint density at radius 3 is 2.77 bits per heavy atom. The molecule has 0 aromatic carbocycles. The minimum atomic E-state index is -1.06. The van der Waals surface area contributed by atoms with Crippen molar-refractivity contribution in [3.63, 3.8) is 0 Å². The standard InChI is InChI=1S/C8H6F2N2O/c1-2-7(13)11-5-3-4-6(9)12-8(5)10/h2-4H,1H2,(H,11,13). The normalized spacial score (nSPS) is 9.38. The van der Waals surface area contributed by atoms with E-state index in [1.807, 2.05) is 0 Å². The number of anilines is 1. The number of hydrogen-bond donors (Lipinski definition) is 1. The Morgan fingerprint density at radius 1 is 1.54 bits per heavy atom. The molecule has 0 spiro atoms. The number of halogens is 2. The number of amides is 1. The van der Waals surface area contributed by atoms with Gasteiger partial charge in [0.2, 0.25) is 17.8 Å². The molecule has 1 aromatic rings. The van der Waals surface area contributed by atoms with Crippen LogP contribution in [0.15, 0.2) is 24.8 Å². The molecule has 0 saturated heterocycles. The van der Waals surface area contributed by atoms with Gasteiger partial charge in [-0.2, -0.15) is 13.8 Å². The molecule has 0 aliphatic carbocycles. The lowest BCUT2D eigenvalue weighted by molar-refractivity contribution is -0.111. The van der Waals surface area contributed by atoms with Gasteiger partial charge < -0.3 is 5.32 Å². The number of rotatable bonds is 2. The topological polar surface area (TPSA) is 42.0 Å². The molecule has 1 N–H and O–H groups in total. The smallest absolute Gasteiger partial charge is 0.247 e. The van der Waals surface area contributed by atoms with E-state index >= 15 is 0 Å². The zero-order chi connectivity index (χ0) is 9.84. The minimum absolute atomic E-state index is 0.175. The van der Waals surface area contributed by atoms with Gasteiger partial charge in [-0.1, -0.05) is 6.58 Å². The quantitative estimate of drug-likeness (QED) is 0.558. The summed E-state index contributed by atoms with van der Waals surface area (Å²) in [7, 11) is 0. The van der Waals surface area contributed by atoms with Crippen LogP contribution in [0, 0.1) is 11.9 Å². The molecule has 68 valence electrons. The van der Waals surface area contributed by atoms with E-state index in [9.17, 15) is 13.6 Å². The predicted octanol–water partition coefficient (Wildman–Crippen LogP) is 1.48. The highest BCUT2D eigenvalue weighted by atomic mass is 19.1. The van der Waals surface area contributed by atoms with Crippen LogP contribution in [-0.2, 0) is 4.79 Å². The van der Waals surface area contributed by atoms with Gasteiger partial charge in [-0.3, -0.25) is 4.79 Å². The Kier molecular flexibility index (Phi) is 2.69. The fraction of sp³-hybridized carbons (Fsp3) is 0. The summed E-state index contributed by atoms with van der Waals surface area (Å²) in [5.74, 6) is -2.57. The molecule has 13 heavy (non-hydrogen) atoms. The highest BCUT2D eigenvalue weighted by Crippen LogP contribution is 2.11.